The second kappa shape index (κ2) is 13.6. The summed E-state index contributed by atoms with van der Waals surface area (Å²) in [5.74, 6) is -1.21. The van der Waals surface area contributed by atoms with E-state index in [1.54, 1.807) is 54.6 Å². The molecule has 40 heavy (non-hydrogen) atoms. The Balaban J connectivity index is 1.69. The van der Waals surface area contributed by atoms with Crippen molar-refractivity contribution < 1.29 is 22.4 Å². The van der Waals surface area contributed by atoms with Gasteiger partial charge in [-0.1, -0.05) is 50.1 Å². The van der Waals surface area contributed by atoms with Gasteiger partial charge in [0.25, 0.3) is 10.0 Å². The largest absolute Gasteiger partial charge is 0.352 e. The van der Waals surface area contributed by atoms with Gasteiger partial charge in [0.2, 0.25) is 11.8 Å². The highest BCUT2D eigenvalue weighted by Gasteiger charge is 2.34. The topological polar surface area (TPSA) is 86.8 Å². The molecule has 1 unspecified atom stereocenters. The van der Waals surface area contributed by atoms with E-state index in [9.17, 15) is 22.4 Å². The van der Waals surface area contributed by atoms with Crippen LogP contribution in [-0.4, -0.2) is 43.8 Å². The molecule has 0 aromatic heterocycles. The van der Waals surface area contributed by atoms with Crippen molar-refractivity contribution in [1.82, 2.24) is 10.2 Å². The molecule has 0 spiro atoms. The zero-order valence-corrected chi connectivity index (χ0v) is 25.3. The number of benzene rings is 3. The number of amides is 2. The summed E-state index contributed by atoms with van der Waals surface area (Å²) in [7, 11) is -4.11. The van der Waals surface area contributed by atoms with Crippen LogP contribution < -0.4 is 9.62 Å². The molecule has 3 aromatic carbocycles. The van der Waals surface area contributed by atoms with Crippen LogP contribution in [0.1, 0.15) is 44.6 Å². The fourth-order valence-corrected chi connectivity index (χ4v) is 6.72. The maximum Gasteiger partial charge on any atom is 0.264 e. The van der Waals surface area contributed by atoms with Crippen molar-refractivity contribution in [2.45, 2.75) is 62.6 Å². The minimum Gasteiger partial charge on any atom is -0.352 e. The number of nitrogens with one attached hydrogen (secondary N) is 1. The number of anilines is 1. The molecule has 7 nitrogen and oxygen atoms in total. The number of hydrogen-bond acceptors (Lipinski definition) is 4. The van der Waals surface area contributed by atoms with Gasteiger partial charge in [-0.05, 0) is 95.9 Å². The molecule has 3 aromatic rings. The van der Waals surface area contributed by atoms with Gasteiger partial charge in [-0.2, -0.15) is 0 Å². The van der Waals surface area contributed by atoms with Crippen LogP contribution in [0.4, 0.5) is 10.1 Å². The molecule has 0 radical (unpaired) electrons. The summed E-state index contributed by atoms with van der Waals surface area (Å²) in [6.45, 7) is 1.34. The van der Waals surface area contributed by atoms with Gasteiger partial charge in [0.15, 0.2) is 0 Å². The molecule has 0 bridgehead atoms. The highest BCUT2D eigenvalue weighted by Crippen LogP contribution is 2.26. The van der Waals surface area contributed by atoms with Crippen molar-refractivity contribution >= 4 is 50.1 Å². The van der Waals surface area contributed by atoms with E-state index >= 15 is 0 Å². The Morgan fingerprint density at radius 3 is 2.20 bits per heavy atom. The van der Waals surface area contributed by atoms with Gasteiger partial charge in [0.05, 0.1) is 10.6 Å². The Morgan fingerprint density at radius 1 is 0.975 bits per heavy atom. The number of nitrogens with zero attached hydrogens (tertiary/aromatic N) is 2. The van der Waals surface area contributed by atoms with Crippen LogP contribution in [0.15, 0.2) is 83.8 Å². The van der Waals surface area contributed by atoms with E-state index in [0.29, 0.717) is 17.7 Å². The number of carbonyl (C=O) groups excluding carboxylic acids is 2. The number of halogens is 2. The predicted octanol–water partition coefficient (Wildman–Crippen LogP) is 5.49. The average Bonchev–Trinajstić information content (AvgIpc) is 3.46. The normalized spacial score (nSPS) is 14.5. The minimum absolute atomic E-state index is 0.0294. The van der Waals surface area contributed by atoms with E-state index in [4.69, 9.17) is 0 Å². The second-order valence-electron chi connectivity index (χ2n) is 9.86. The zero-order chi connectivity index (χ0) is 28.7. The molecule has 10 heteroatoms. The number of sulfonamides is 1. The number of rotatable bonds is 11. The highest BCUT2D eigenvalue weighted by atomic mass is 127. The molecule has 1 aliphatic carbocycles. The van der Waals surface area contributed by atoms with E-state index in [1.807, 2.05) is 6.92 Å². The number of hydrogen-bond donors (Lipinski definition) is 1. The lowest BCUT2D eigenvalue weighted by molar-refractivity contribution is -0.140. The lowest BCUT2D eigenvalue weighted by atomic mass is 10.1. The first-order chi connectivity index (χ1) is 19.2. The lowest BCUT2D eigenvalue weighted by Crippen LogP contribution is -2.53. The van der Waals surface area contributed by atoms with Crippen LogP contribution in [-0.2, 0) is 26.2 Å². The highest BCUT2D eigenvalue weighted by molar-refractivity contribution is 14.1. The molecule has 4 rings (SSSR count). The zero-order valence-electron chi connectivity index (χ0n) is 22.3. The van der Waals surface area contributed by atoms with Crippen molar-refractivity contribution in [2.24, 2.45) is 0 Å². The van der Waals surface area contributed by atoms with Crippen LogP contribution in [0.5, 0.6) is 0 Å². The Kier molecular flexibility index (Phi) is 10.2. The molecule has 1 N–H and O–H groups in total. The first-order valence-electron chi connectivity index (χ1n) is 13.4. The summed E-state index contributed by atoms with van der Waals surface area (Å²) >= 11 is 2.13. The third-order valence-electron chi connectivity index (χ3n) is 7.08. The van der Waals surface area contributed by atoms with E-state index in [0.717, 1.165) is 33.6 Å². The first kappa shape index (κ1) is 30.0. The fraction of sp³-hybridized carbons (Fsp3) is 0.333. The summed E-state index contributed by atoms with van der Waals surface area (Å²) in [6, 6.07) is 19.8. The first-order valence-corrected chi connectivity index (χ1v) is 15.9. The monoisotopic (exact) mass is 677 g/mol. The second-order valence-corrected chi connectivity index (χ2v) is 13.0. The van der Waals surface area contributed by atoms with Crippen molar-refractivity contribution in [3.05, 3.63) is 93.8 Å². The van der Waals surface area contributed by atoms with E-state index in [-0.39, 0.29) is 23.4 Å². The maximum atomic E-state index is 14.0. The molecular weight excluding hydrogens is 644 g/mol. The molecule has 1 atom stereocenters. The summed E-state index contributed by atoms with van der Waals surface area (Å²) in [5.41, 5.74) is 0.969. The van der Waals surface area contributed by atoms with Crippen molar-refractivity contribution in [1.29, 1.82) is 0 Å². The van der Waals surface area contributed by atoms with Crippen LogP contribution in [0.2, 0.25) is 0 Å². The van der Waals surface area contributed by atoms with Crippen molar-refractivity contribution in [3.63, 3.8) is 0 Å². The van der Waals surface area contributed by atoms with Crippen molar-refractivity contribution in [2.75, 3.05) is 10.8 Å². The van der Waals surface area contributed by atoms with Gasteiger partial charge in [-0.15, -0.1) is 0 Å². The van der Waals surface area contributed by atoms with E-state index in [2.05, 4.69) is 27.9 Å². The minimum atomic E-state index is -4.11. The molecule has 1 aliphatic rings. The van der Waals surface area contributed by atoms with Gasteiger partial charge >= 0.3 is 0 Å². The Labute approximate surface area is 248 Å². The third kappa shape index (κ3) is 7.39. The predicted molar refractivity (Wildman–Crippen MR) is 162 cm³/mol. The van der Waals surface area contributed by atoms with Gasteiger partial charge in [0.1, 0.15) is 18.4 Å². The van der Waals surface area contributed by atoms with Crippen LogP contribution in [0, 0.1) is 9.39 Å². The smallest absolute Gasteiger partial charge is 0.264 e. The molecule has 1 fully saturated rings. The number of carbonyl (C=O) groups is 2. The summed E-state index contributed by atoms with van der Waals surface area (Å²) < 4.78 is 43.2. The molecule has 0 heterocycles. The summed E-state index contributed by atoms with van der Waals surface area (Å²) in [6.07, 6.45) is 4.21. The summed E-state index contributed by atoms with van der Waals surface area (Å²) in [5, 5.41) is 3.08. The quantitative estimate of drug-likeness (QED) is 0.272. The molecule has 212 valence electrons. The molecule has 2 amide bonds. The van der Waals surface area contributed by atoms with Crippen molar-refractivity contribution in [3.8, 4) is 0 Å². The molecule has 1 saturated carbocycles. The molecule has 0 saturated heterocycles. The third-order valence-corrected chi connectivity index (χ3v) is 9.59. The maximum absolute atomic E-state index is 14.0. The fourth-order valence-electron chi connectivity index (χ4n) is 4.93. The van der Waals surface area contributed by atoms with Gasteiger partial charge in [-0.3, -0.25) is 13.9 Å². The van der Waals surface area contributed by atoms with Crippen LogP contribution >= 0.6 is 22.6 Å². The van der Waals surface area contributed by atoms with Gasteiger partial charge < -0.3 is 10.2 Å². The van der Waals surface area contributed by atoms with E-state index in [1.165, 1.54) is 29.2 Å². The Hall–Kier alpha value is -2.99. The molecular formula is C30H33FIN3O4S. The average molecular weight is 678 g/mol. The Bertz CT molecular complexity index is 1400. The van der Waals surface area contributed by atoms with Crippen LogP contribution in [0.25, 0.3) is 0 Å². The molecule has 0 aliphatic heterocycles. The SMILES string of the molecule is CCC(C(=O)NC1CCCC1)N(Cc1ccc(F)cc1)C(=O)CN(c1ccc(I)cc1)S(=O)(=O)c1ccccc1. The van der Waals surface area contributed by atoms with E-state index < -0.39 is 34.3 Å². The Morgan fingerprint density at radius 2 is 1.60 bits per heavy atom. The summed E-state index contributed by atoms with van der Waals surface area (Å²) in [4.78, 5) is 29.0. The van der Waals surface area contributed by atoms with Gasteiger partial charge in [-0.25, -0.2) is 12.8 Å². The van der Waals surface area contributed by atoms with Crippen LogP contribution in [0.3, 0.4) is 0 Å². The van der Waals surface area contributed by atoms with Gasteiger partial charge in [0, 0.05) is 16.2 Å². The standard InChI is InChI=1S/C30H33FIN3O4S/c1-2-28(30(37)33-25-8-6-7-9-25)34(20-22-12-14-23(31)15-13-22)29(36)21-35(26-18-16-24(32)17-19-26)40(38,39)27-10-4-3-5-11-27/h3-5,10-19,25,28H,2,6-9,20-21H2,1H3,(H,33,37). The lowest BCUT2D eigenvalue weighted by Gasteiger charge is -2.33.